The molecule has 1 saturated heterocycles. The Balaban J connectivity index is 1.15. The summed E-state index contributed by atoms with van der Waals surface area (Å²) in [5, 5.41) is 0. The van der Waals surface area contributed by atoms with Crippen LogP contribution in [0.15, 0.2) is 182 Å². The molecule has 1 aliphatic rings. The molecule has 63 heavy (non-hydrogen) atoms. The molecule has 1 heterocycles. The Bertz CT molecular complexity index is 2200. The average Bonchev–Trinajstić information content (AvgIpc) is 3.32. The molecule has 1 aliphatic heterocycles. The highest BCUT2D eigenvalue weighted by Crippen LogP contribution is 2.38. The molecule has 6 aromatic carbocycles. The van der Waals surface area contributed by atoms with Gasteiger partial charge in [0.25, 0.3) is 5.92 Å². The van der Waals surface area contributed by atoms with Crippen molar-refractivity contribution in [1.29, 1.82) is 0 Å². The van der Waals surface area contributed by atoms with Gasteiger partial charge in [-0.05, 0) is 33.4 Å². The molecule has 1 fully saturated rings. The van der Waals surface area contributed by atoms with Gasteiger partial charge in [-0.2, -0.15) is 0 Å². The van der Waals surface area contributed by atoms with Crippen molar-refractivity contribution in [2.75, 3.05) is 18.9 Å². The van der Waals surface area contributed by atoms with Gasteiger partial charge in [-0.15, -0.1) is 11.8 Å². The van der Waals surface area contributed by atoms with E-state index < -0.39 is 54.2 Å². The van der Waals surface area contributed by atoms with Crippen molar-refractivity contribution < 1.29 is 42.0 Å². The van der Waals surface area contributed by atoms with Crippen LogP contribution in [0, 0.1) is 0 Å². The number of nitrogens with zero attached hydrogens (tertiary/aromatic N) is 1. The highest BCUT2D eigenvalue weighted by molar-refractivity contribution is 7.99. The first-order chi connectivity index (χ1) is 30.9. The van der Waals surface area contributed by atoms with Crippen molar-refractivity contribution in [2.24, 2.45) is 0 Å². The van der Waals surface area contributed by atoms with E-state index in [1.54, 1.807) is 24.3 Å². The molecule has 0 radical (unpaired) electrons. The molecule has 11 heteroatoms. The Hall–Kier alpha value is -5.40. The van der Waals surface area contributed by atoms with Gasteiger partial charge in [0.2, 0.25) is 0 Å². The second-order valence-corrected chi connectivity index (χ2v) is 16.5. The molecule has 0 N–H and O–H groups in total. The van der Waals surface area contributed by atoms with E-state index in [1.807, 2.05) is 158 Å². The summed E-state index contributed by atoms with van der Waals surface area (Å²) in [7, 11) is 0. The molecular weight excluding hydrogens is 821 g/mol. The van der Waals surface area contributed by atoms with E-state index in [9.17, 15) is 4.79 Å². The molecule has 0 spiro atoms. The molecule has 0 aromatic heterocycles. The molecule has 0 unspecified atom stereocenters. The van der Waals surface area contributed by atoms with Crippen LogP contribution in [0.1, 0.15) is 33.4 Å². The van der Waals surface area contributed by atoms with Gasteiger partial charge < -0.3 is 28.4 Å². The summed E-state index contributed by atoms with van der Waals surface area (Å²) in [4.78, 5) is 14.6. The number of carbonyl (C=O) groups is 1. The smallest absolute Gasteiger partial charge is 0.410 e. The molecule has 1 amide bonds. The summed E-state index contributed by atoms with van der Waals surface area (Å²) in [6.45, 7) is 0.0407. The summed E-state index contributed by atoms with van der Waals surface area (Å²) in [5.74, 6) is -4.07. The number of hydrogen-bond donors (Lipinski definition) is 0. The van der Waals surface area contributed by atoms with Crippen LogP contribution in [0.2, 0.25) is 0 Å². The van der Waals surface area contributed by atoms with E-state index >= 15 is 8.78 Å². The summed E-state index contributed by atoms with van der Waals surface area (Å²) in [5.41, 5.74) is 4.25. The van der Waals surface area contributed by atoms with E-state index in [1.165, 1.54) is 0 Å². The monoisotopic (exact) mass is 873 g/mol. The lowest BCUT2D eigenvalue weighted by Gasteiger charge is -2.46. The fraction of sp³-hybridized carbons (Fsp3) is 0.288. The molecule has 6 aromatic rings. The minimum Gasteiger partial charge on any atom is -0.445 e. The van der Waals surface area contributed by atoms with E-state index in [0.717, 1.165) is 44.5 Å². The van der Waals surface area contributed by atoms with Gasteiger partial charge in [-0.1, -0.05) is 182 Å². The van der Waals surface area contributed by atoms with Gasteiger partial charge in [0.1, 0.15) is 36.5 Å². The van der Waals surface area contributed by atoms with Gasteiger partial charge in [0.05, 0.1) is 45.3 Å². The molecular formula is C52H53F2NO7S. The number of carbonyl (C=O) groups excluding carboxylic acids is 1. The van der Waals surface area contributed by atoms with E-state index in [-0.39, 0.29) is 39.6 Å². The number of thioether (sulfide) groups is 1. The summed E-state index contributed by atoms with van der Waals surface area (Å²) in [6.07, 6.45) is -3.93. The van der Waals surface area contributed by atoms with Crippen molar-refractivity contribution in [2.45, 2.75) is 75.4 Å². The van der Waals surface area contributed by atoms with Crippen LogP contribution in [-0.2, 0) is 68.0 Å². The maximum Gasteiger partial charge on any atom is 0.410 e. The number of rotatable bonds is 22. The zero-order valence-corrected chi connectivity index (χ0v) is 35.9. The normalized spacial score (nSPS) is 18.7. The molecule has 328 valence electrons. The number of alkyl halides is 2. The summed E-state index contributed by atoms with van der Waals surface area (Å²) >= 11 is 0.926. The maximum absolute atomic E-state index is 16.5. The van der Waals surface area contributed by atoms with Gasteiger partial charge in [-0.25, -0.2) is 13.6 Å². The first-order valence-electron chi connectivity index (χ1n) is 21.1. The fourth-order valence-electron chi connectivity index (χ4n) is 7.21. The third-order valence-corrected chi connectivity index (χ3v) is 11.7. The predicted molar refractivity (Wildman–Crippen MR) is 241 cm³/mol. The van der Waals surface area contributed by atoms with Crippen LogP contribution >= 0.6 is 11.8 Å². The lowest BCUT2D eigenvalue weighted by Crippen LogP contribution is -2.60. The Morgan fingerprint density at radius 3 is 1.40 bits per heavy atom. The van der Waals surface area contributed by atoms with Crippen molar-refractivity contribution in [1.82, 2.24) is 4.90 Å². The summed E-state index contributed by atoms with van der Waals surface area (Å²) in [6, 6.07) is 57.2. The third-order valence-electron chi connectivity index (χ3n) is 10.4. The predicted octanol–water partition coefficient (Wildman–Crippen LogP) is 10.9. The van der Waals surface area contributed by atoms with Crippen molar-refractivity contribution in [3.63, 3.8) is 0 Å². The number of benzene rings is 6. The second-order valence-electron chi connectivity index (χ2n) is 15.4. The minimum absolute atomic E-state index is 0.0484. The molecule has 8 nitrogen and oxygen atoms in total. The molecule has 0 bridgehead atoms. The van der Waals surface area contributed by atoms with Crippen LogP contribution in [0.5, 0.6) is 0 Å². The molecule has 0 aliphatic carbocycles. The van der Waals surface area contributed by atoms with Gasteiger partial charge >= 0.3 is 6.09 Å². The van der Waals surface area contributed by atoms with Crippen LogP contribution in [0.3, 0.4) is 0 Å². The van der Waals surface area contributed by atoms with E-state index in [4.69, 9.17) is 28.4 Å². The first-order valence-corrected chi connectivity index (χ1v) is 22.2. The van der Waals surface area contributed by atoms with E-state index in [2.05, 4.69) is 0 Å². The molecule has 5 atom stereocenters. The Labute approximate surface area is 373 Å². The van der Waals surface area contributed by atoms with Crippen LogP contribution in [0.25, 0.3) is 0 Å². The quantitative estimate of drug-likeness (QED) is 0.0668. The fourth-order valence-corrected chi connectivity index (χ4v) is 8.35. The molecule has 7 rings (SSSR count). The lowest BCUT2D eigenvalue weighted by atomic mass is 9.98. The largest absolute Gasteiger partial charge is 0.445 e. The van der Waals surface area contributed by atoms with Gasteiger partial charge in [0, 0.05) is 6.54 Å². The SMILES string of the molecule is O=C(OCc1ccccc1)N(Cc1ccccc1)CC(F)(F)CS[C@H]1O[C@H](COCc2ccccc2)[C@H](OCc2ccccc2)[C@H](OCc2ccccc2)[C@H]1OCc1ccccc1. The van der Waals surface area contributed by atoms with E-state index in [0.29, 0.717) is 12.2 Å². The number of amides is 1. The standard InChI is InChI=1S/C52H53F2NO7S/c53-52(54,38-55(31-40-19-7-1-8-20-40)51(56)61-36-45-29-17-6-18-30-45)39-63-50-49(60-35-44-27-15-5-16-28-44)48(59-34-43-25-13-4-14-26-43)47(58-33-42-23-11-3-12-24-42)46(62-50)37-57-32-41-21-9-2-10-22-41/h1-30,46-50H,31-39H2/t46-,47+,48+,49-,50-/m1/s1. The average molecular weight is 874 g/mol. The zero-order chi connectivity index (χ0) is 43.5. The van der Waals surface area contributed by atoms with Crippen LogP contribution in [-0.4, -0.2) is 65.7 Å². The highest BCUT2D eigenvalue weighted by atomic mass is 32.2. The summed E-state index contributed by atoms with van der Waals surface area (Å²) < 4.78 is 72.0. The third kappa shape index (κ3) is 14.6. The van der Waals surface area contributed by atoms with Crippen molar-refractivity contribution >= 4 is 17.9 Å². The maximum atomic E-state index is 16.5. The topological polar surface area (TPSA) is 75.7 Å². The lowest BCUT2D eigenvalue weighted by molar-refractivity contribution is -0.254. The minimum atomic E-state index is -3.38. The first kappa shape index (κ1) is 45.6. The Morgan fingerprint density at radius 2 is 0.921 bits per heavy atom. The zero-order valence-electron chi connectivity index (χ0n) is 35.0. The van der Waals surface area contributed by atoms with Gasteiger partial charge in [0.15, 0.2) is 0 Å². The van der Waals surface area contributed by atoms with Gasteiger partial charge in [-0.3, -0.25) is 4.90 Å². The number of hydrogen-bond acceptors (Lipinski definition) is 8. The Kier molecular flexibility index (Phi) is 17.3. The molecule has 0 saturated carbocycles. The Morgan fingerprint density at radius 1 is 0.524 bits per heavy atom. The van der Waals surface area contributed by atoms with Crippen LogP contribution in [0.4, 0.5) is 13.6 Å². The second kappa shape index (κ2) is 23.9. The van der Waals surface area contributed by atoms with Crippen molar-refractivity contribution in [3.05, 3.63) is 215 Å². The van der Waals surface area contributed by atoms with Crippen LogP contribution < -0.4 is 0 Å². The number of halogens is 2. The number of ether oxygens (including phenoxy) is 6. The van der Waals surface area contributed by atoms with Crippen molar-refractivity contribution in [3.8, 4) is 0 Å². The highest BCUT2D eigenvalue weighted by Gasteiger charge is 2.50.